The molecule has 3 rings (SSSR count). The molecule has 0 N–H and O–H groups in total. The van der Waals surface area contributed by atoms with Crippen LogP contribution in [-0.4, -0.2) is 11.1 Å². The maximum absolute atomic E-state index is 13.0. The van der Waals surface area contributed by atoms with Gasteiger partial charge in [-0.25, -0.2) is 9.18 Å². The predicted octanol–water partition coefficient (Wildman–Crippen LogP) is 3.83. The number of benzene rings is 1. The van der Waals surface area contributed by atoms with Crippen molar-refractivity contribution >= 4 is 12.0 Å². The van der Waals surface area contributed by atoms with Gasteiger partial charge in [0.25, 0.3) is 0 Å². The molecule has 2 aromatic heterocycles. The summed E-state index contributed by atoms with van der Waals surface area (Å²) in [6, 6.07) is 11.0. The Bertz CT molecular complexity index is 821. The number of furan rings is 1. The van der Waals surface area contributed by atoms with Crippen LogP contribution in [0.5, 0.6) is 0 Å². The second kappa shape index (κ2) is 6.74. The zero-order chi connectivity index (χ0) is 16.1. The van der Waals surface area contributed by atoms with E-state index < -0.39 is 5.97 Å². The van der Waals surface area contributed by atoms with Crippen LogP contribution in [0.4, 0.5) is 4.39 Å². The third-order valence-corrected chi connectivity index (χ3v) is 2.95. The van der Waals surface area contributed by atoms with E-state index in [0.717, 1.165) is 0 Å². The molecule has 0 aliphatic carbocycles. The van der Waals surface area contributed by atoms with E-state index in [9.17, 15) is 9.18 Å². The zero-order valence-corrected chi connectivity index (χ0v) is 11.9. The van der Waals surface area contributed by atoms with Crippen LogP contribution in [0, 0.1) is 5.82 Å². The molecule has 0 saturated heterocycles. The molecule has 0 saturated carbocycles. The summed E-state index contributed by atoms with van der Waals surface area (Å²) in [6.45, 7) is -0.0312. The van der Waals surface area contributed by atoms with Crippen LogP contribution in [0.1, 0.15) is 11.3 Å². The number of rotatable bonds is 5. The van der Waals surface area contributed by atoms with Crippen molar-refractivity contribution in [1.29, 1.82) is 0 Å². The lowest BCUT2D eigenvalue weighted by Crippen LogP contribution is -2.00. The van der Waals surface area contributed by atoms with Crippen molar-refractivity contribution in [3.05, 3.63) is 71.9 Å². The van der Waals surface area contributed by atoms with E-state index in [4.69, 9.17) is 13.7 Å². The molecule has 1 aromatic carbocycles. The van der Waals surface area contributed by atoms with Crippen LogP contribution < -0.4 is 0 Å². The summed E-state index contributed by atoms with van der Waals surface area (Å²) in [6.07, 6.45) is 4.22. The molecular formula is C17H12FNO4. The second-order valence-electron chi connectivity index (χ2n) is 4.66. The van der Waals surface area contributed by atoms with Crippen LogP contribution in [0.2, 0.25) is 0 Å². The maximum Gasteiger partial charge on any atom is 0.331 e. The maximum atomic E-state index is 13.0. The fourth-order valence-corrected chi connectivity index (χ4v) is 1.88. The quantitative estimate of drug-likeness (QED) is 0.529. The van der Waals surface area contributed by atoms with Gasteiger partial charge in [0.2, 0.25) is 5.76 Å². The molecule has 23 heavy (non-hydrogen) atoms. The molecule has 0 aliphatic rings. The third kappa shape index (κ3) is 3.94. The van der Waals surface area contributed by atoms with E-state index in [1.807, 2.05) is 0 Å². The average molecular weight is 313 g/mol. The first kappa shape index (κ1) is 14.8. The van der Waals surface area contributed by atoms with Gasteiger partial charge in [-0.05, 0) is 35.9 Å². The highest BCUT2D eigenvalue weighted by Crippen LogP contribution is 2.20. The Balaban J connectivity index is 1.55. The number of nitrogens with zero attached hydrogens (tertiary/aromatic N) is 1. The van der Waals surface area contributed by atoms with Crippen LogP contribution in [0.3, 0.4) is 0 Å². The molecule has 6 heteroatoms. The van der Waals surface area contributed by atoms with E-state index in [-0.39, 0.29) is 12.4 Å². The predicted molar refractivity (Wildman–Crippen MR) is 79.4 cm³/mol. The highest BCUT2D eigenvalue weighted by atomic mass is 19.1. The van der Waals surface area contributed by atoms with Crippen molar-refractivity contribution in [2.45, 2.75) is 6.61 Å². The van der Waals surface area contributed by atoms with Gasteiger partial charge in [-0.1, -0.05) is 17.3 Å². The van der Waals surface area contributed by atoms with E-state index in [0.29, 0.717) is 22.8 Å². The summed E-state index contributed by atoms with van der Waals surface area (Å²) < 4.78 is 28.3. The standard InChI is InChI=1S/C17H12FNO4/c18-13-4-1-3-12(9-13)6-7-17(20)22-11-14-10-16(23-19-14)15-5-2-8-21-15/h1-10H,11H2/b7-6+. The first-order valence-corrected chi connectivity index (χ1v) is 6.80. The Morgan fingerprint density at radius 1 is 1.22 bits per heavy atom. The van der Waals surface area contributed by atoms with Crippen molar-refractivity contribution in [3.8, 4) is 11.5 Å². The number of esters is 1. The smallest absolute Gasteiger partial charge is 0.331 e. The van der Waals surface area contributed by atoms with Crippen LogP contribution in [0.25, 0.3) is 17.6 Å². The molecule has 0 unspecified atom stereocenters. The Labute approximate surface area is 131 Å². The fourth-order valence-electron chi connectivity index (χ4n) is 1.88. The van der Waals surface area contributed by atoms with Crippen LogP contribution in [0.15, 0.2) is 63.7 Å². The van der Waals surface area contributed by atoms with Gasteiger partial charge in [-0.2, -0.15) is 0 Å². The van der Waals surface area contributed by atoms with Crippen LogP contribution >= 0.6 is 0 Å². The summed E-state index contributed by atoms with van der Waals surface area (Å²) in [7, 11) is 0. The van der Waals surface area contributed by atoms with E-state index in [1.54, 1.807) is 30.3 Å². The van der Waals surface area contributed by atoms with Crippen molar-refractivity contribution in [3.63, 3.8) is 0 Å². The Hall–Kier alpha value is -3.15. The molecule has 0 bridgehead atoms. The number of carbonyl (C=O) groups excluding carboxylic acids is 1. The van der Waals surface area contributed by atoms with Crippen molar-refractivity contribution in [2.24, 2.45) is 0 Å². The summed E-state index contributed by atoms with van der Waals surface area (Å²) in [4.78, 5) is 11.6. The van der Waals surface area contributed by atoms with E-state index in [1.165, 1.54) is 30.5 Å². The Morgan fingerprint density at radius 2 is 2.13 bits per heavy atom. The lowest BCUT2D eigenvalue weighted by molar-refractivity contribution is -0.139. The highest BCUT2D eigenvalue weighted by molar-refractivity contribution is 5.87. The zero-order valence-electron chi connectivity index (χ0n) is 11.9. The number of ether oxygens (including phenoxy) is 1. The first-order chi connectivity index (χ1) is 11.2. The SMILES string of the molecule is O=C(/C=C/c1cccc(F)c1)OCc1cc(-c2ccco2)on1. The van der Waals surface area contributed by atoms with Crippen molar-refractivity contribution < 1.29 is 22.9 Å². The monoisotopic (exact) mass is 313 g/mol. The molecule has 0 atom stereocenters. The summed E-state index contributed by atoms with van der Waals surface area (Å²) >= 11 is 0. The lowest BCUT2D eigenvalue weighted by Gasteiger charge is -1.97. The van der Waals surface area contributed by atoms with E-state index >= 15 is 0 Å². The summed E-state index contributed by atoms with van der Waals surface area (Å²) in [5.74, 6) is 0.0720. The van der Waals surface area contributed by atoms with Gasteiger partial charge in [0, 0.05) is 12.1 Å². The molecule has 116 valence electrons. The second-order valence-corrected chi connectivity index (χ2v) is 4.66. The summed E-state index contributed by atoms with van der Waals surface area (Å²) in [5, 5.41) is 3.79. The fraction of sp³-hybridized carbons (Fsp3) is 0.0588. The molecule has 3 aromatic rings. The normalized spacial score (nSPS) is 11.0. The van der Waals surface area contributed by atoms with Gasteiger partial charge in [-0.3, -0.25) is 0 Å². The van der Waals surface area contributed by atoms with E-state index in [2.05, 4.69) is 5.16 Å². The Morgan fingerprint density at radius 3 is 2.91 bits per heavy atom. The van der Waals surface area contributed by atoms with Crippen LogP contribution in [-0.2, 0) is 16.1 Å². The Kier molecular flexibility index (Phi) is 4.33. The minimum atomic E-state index is -0.559. The largest absolute Gasteiger partial charge is 0.461 e. The molecule has 5 nitrogen and oxygen atoms in total. The van der Waals surface area contributed by atoms with Gasteiger partial charge in [0.15, 0.2) is 5.76 Å². The van der Waals surface area contributed by atoms with Gasteiger partial charge < -0.3 is 13.7 Å². The minimum Gasteiger partial charge on any atom is -0.461 e. The number of hydrogen-bond acceptors (Lipinski definition) is 5. The molecule has 0 spiro atoms. The van der Waals surface area contributed by atoms with Gasteiger partial charge in [0.1, 0.15) is 18.1 Å². The number of hydrogen-bond donors (Lipinski definition) is 0. The van der Waals surface area contributed by atoms with Gasteiger partial charge in [0.05, 0.1) is 6.26 Å². The van der Waals surface area contributed by atoms with Gasteiger partial charge >= 0.3 is 5.97 Å². The molecule has 2 heterocycles. The molecular weight excluding hydrogens is 301 g/mol. The topological polar surface area (TPSA) is 65.5 Å². The molecule has 0 amide bonds. The van der Waals surface area contributed by atoms with Crippen molar-refractivity contribution in [2.75, 3.05) is 0 Å². The first-order valence-electron chi connectivity index (χ1n) is 6.80. The van der Waals surface area contributed by atoms with Crippen molar-refractivity contribution in [1.82, 2.24) is 5.16 Å². The molecule has 0 aliphatic heterocycles. The lowest BCUT2D eigenvalue weighted by atomic mass is 10.2. The highest BCUT2D eigenvalue weighted by Gasteiger charge is 2.10. The summed E-state index contributed by atoms with van der Waals surface area (Å²) in [5.41, 5.74) is 1.03. The number of halogens is 1. The van der Waals surface area contributed by atoms with Gasteiger partial charge in [-0.15, -0.1) is 0 Å². The number of aromatic nitrogens is 1. The minimum absolute atomic E-state index is 0.0312. The number of carbonyl (C=O) groups is 1. The third-order valence-electron chi connectivity index (χ3n) is 2.95. The molecule has 0 radical (unpaired) electrons. The molecule has 0 fully saturated rings. The average Bonchev–Trinajstić information content (AvgIpc) is 3.22.